The van der Waals surface area contributed by atoms with Crippen molar-refractivity contribution in [1.29, 1.82) is 0 Å². The van der Waals surface area contributed by atoms with Gasteiger partial charge in [0, 0.05) is 11.4 Å². The van der Waals surface area contributed by atoms with Crippen LogP contribution >= 0.6 is 11.8 Å². The zero-order valence-electron chi connectivity index (χ0n) is 21.3. The molecular weight excluding hydrogens is 476 g/mol. The van der Waals surface area contributed by atoms with Gasteiger partial charge in [0.2, 0.25) is 11.1 Å². The Morgan fingerprint density at radius 2 is 1.89 bits per heavy atom. The molecule has 0 radical (unpaired) electrons. The first kappa shape index (κ1) is 25.6. The summed E-state index contributed by atoms with van der Waals surface area (Å²) in [5.41, 5.74) is 4.25. The van der Waals surface area contributed by atoms with E-state index in [2.05, 4.69) is 36.3 Å². The van der Waals surface area contributed by atoms with E-state index < -0.39 is 12.0 Å². The lowest BCUT2D eigenvalue weighted by atomic mass is 9.95. The van der Waals surface area contributed by atoms with Crippen LogP contribution in [0.15, 0.2) is 58.9 Å². The normalized spacial score (nSPS) is 14.8. The Labute approximate surface area is 216 Å². The summed E-state index contributed by atoms with van der Waals surface area (Å²) < 4.78 is 18.9. The smallest absolute Gasteiger partial charge is 0.338 e. The minimum Gasteiger partial charge on any atom is -0.493 e. The molecule has 1 atom stereocenters. The summed E-state index contributed by atoms with van der Waals surface area (Å²) in [5, 5.41) is 8.61. The van der Waals surface area contributed by atoms with Gasteiger partial charge >= 0.3 is 5.97 Å². The van der Waals surface area contributed by atoms with Gasteiger partial charge in [-0.05, 0) is 50.5 Å². The maximum absolute atomic E-state index is 13.0. The van der Waals surface area contributed by atoms with Gasteiger partial charge in [-0.2, -0.15) is 4.98 Å². The molecule has 0 spiro atoms. The Bertz CT molecular complexity index is 1250. The van der Waals surface area contributed by atoms with Crippen LogP contribution in [0.2, 0.25) is 0 Å². The lowest BCUT2D eigenvalue weighted by molar-refractivity contribution is -0.139. The number of carbonyl (C=O) groups excluding carboxylic acids is 1. The monoisotopic (exact) mass is 508 g/mol. The third-order valence-electron chi connectivity index (χ3n) is 5.78. The van der Waals surface area contributed by atoms with Crippen molar-refractivity contribution in [2.24, 2.45) is 0 Å². The SMILES string of the molecule is CCCSc1nc2n(n1)C(c1ccc(OCc3ccc(C)cc3)c(OC)c1)C(C(=O)OCC)=C(C)N2. The Morgan fingerprint density at radius 3 is 2.58 bits per heavy atom. The number of methoxy groups -OCH3 is 1. The minimum atomic E-state index is -0.524. The van der Waals surface area contributed by atoms with Gasteiger partial charge < -0.3 is 19.5 Å². The van der Waals surface area contributed by atoms with Crippen LogP contribution in [0.5, 0.6) is 11.5 Å². The van der Waals surface area contributed by atoms with Gasteiger partial charge in [-0.15, -0.1) is 5.10 Å². The molecule has 36 heavy (non-hydrogen) atoms. The van der Waals surface area contributed by atoms with Gasteiger partial charge in [-0.25, -0.2) is 9.48 Å². The number of benzene rings is 2. The second-order valence-corrected chi connectivity index (χ2v) is 9.54. The number of hydrogen-bond acceptors (Lipinski definition) is 8. The highest BCUT2D eigenvalue weighted by Gasteiger charge is 2.35. The summed E-state index contributed by atoms with van der Waals surface area (Å²) in [7, 11) is 1.61. The molecule has 2 aromatic carbocycles. The van der Waals surface area contributed by atoms with Gasteiger partial charge in [-0.3, -0.25) is 0 Å². The van der Waals surface area contributed by atoms with Gasteiger partial charge in [0.15, 0.2) is 11.5 Å². The number of aromatic nitrogens is 3. The molecule has 0 aliphatic carbocycles. The molecule has 1 aromatic heterocycles. The zero-order valence-corrected chi connectivity index (χ0v) is 22.1. The highest BCUT2D eigenvalue weighted by molar-refractivity contribution is 7.99. The fourth-order valence-corrected chi connectivity index (χ4v) is 4.67. The molecule has 0 bridgehead atoms. The van der Waals surface area contributed by atoms with E-state index in [4.69, 9.17) is 19.3 Å². The van der Waals surface area contributed by atoms with Crippen LogP contribution < -0.4 is 14.8 Å². The van der Waals surface area contributed by atoms with Crippen molar-refractivity contribution in [3.8, 4) is 11.5 Å². The van der Waals surface area contributed by atoms with Crippen molar-refractivity contribution >= 4 is 23.7 Å². The second-order valence-electron chi connectivity index (χ2n) is 8.48. The van der Waals surface area contributed by atoms with E-state index in [9.17, 15) is 4.79 Å². The zero-order chi connectivity index (χ0) is 25.7. The lowest BCUT2D eigenvalue weighted by Crippen LogP contribution is -2.29. The number of aryl methyl sites for hydroxylation is 1. The molecule has 0 fully saturated rings. The van der Waals surface area contributed by atoms with Crippen LogP contribution in [0.1, 0.15) is 49.9 Å². The number of fused-ring (bicyclic) bond motifs is 1. The number of thioether (sulfide) groups is 1. The summed E-state index contributed by atoms with van der Waals surface area (Å²) in [6.45, 7) is 8.51. The molecular formula is C27H32N4O4S. The van der Waals surface area contributed by atoms with E-state index in [1.807, 2.05) is 37.3 Å². The number of anilines is 1. The highest BCUT2D eigenvalue weighted by atomic mass is 32.2. The maximum atomic E-state index is 13.0. The van der Waals surface area contributed by atoms with Crippen molar-refractivity contribution in [2.75, 3.05) is 24.8 Å². The van der Waals surface area contributed by atoms with Crippen LogP contribution in [0.4, 0.5) is 5.95 Å². The summed E-state index contributed by atoms with van der Waals surface area (Å²) in [4.78, 5) is 17.7. The summed E-state index contributed by atoms with van der Waals surface area (Å²) >= 11 is 1.59. The van der Waals surface area contributed by atoms with Crippen molar-refractivity contribution in [2.45, 2.75) is 51.9 Å². The molecule has 3 aromatic rings. The Balaban J connectivity index is 1.70. The van der Waals surface area contributed by atoms with E-state index in [1.54, 1.807) is 30.5 Å². The number of esters is 1. The Morgan fingerprint density at radius 1 is 1.11 bits per heavy atom. The van der Waals surface area contributed by atoms with Gasteiger partial charge in [0.1, 0.15) is 12.6 Å². The summed E-state index contributed by atoms with van der Waals surface area (Å²) in [6.07, 6.45) is 1.01. The fourth-order valence-electron chi connectivity index (χ4n) is 3.99. The van der Waals surface area contributed by atoms with Crippen molar-refractivity contribution in [3.63, 3.8) is 0 Å². The molecule has 9 heteroatoms. The maximum Gasteiger partial charge on any atom is 0.338 e. The number of hydrogen-bond donors (Lipinski definition) is 1. The molecule has 8 nitrogen and oxygen atoms in total. The molecule has 1 N–H and O–H groups in total. The van der Waals surface area contributed by atoms with E-state index in [-0.39, 0.29) is 6.61 Å². The van der Waals surface area contributed by atoms with Gasteiger partial charge in [0.25, 0.3) is 0 Å². The van der Waals surface area contributed by atoms with Crippen molar-refractivity contribution in [1.82, 2.24) is 14.8 Å². The topological polar surface area (TPSA) is 87.5 Å². The molecule has 1 aliphatic heterocycles. The quantitative estimate of drug-likeness (QED) is 0.283. The number of rotatable bonds is 10. The largest absolute Gasteiger partial charge is 0.493 e. The van der Waals surface area contributed by atoms with Gasteiger partial charge in [0.05, 0.1) is 19.3 Å². The molecule has 0 amide bonds. The number of allylic oxidation sites excluding steroid dienone is 1. The average molecular weight is 509 g/mol. The van der Waals surface area contributed by atoms with Crippen molar-refractivity contribution < 1.29 is 19.0 Å². The lowest BCUT2D eigenvalue weighted by Gasteiger charge is -2.28. The highest BCUT2D eigenvalue weighted by Crippen LogP contribution is 2.40. The number of ether oxygens (including phenoxy) is 3. The predicted molar refractivity (Wildman–Crippen MR) is 141 cm³/mol. The van der Waals surface area contributed by atoms with Crippen molar-refractivity contribution in [3.05, 3.63) is 70.4 Å². The first-order chi connectivity index (χ1) is 17.4. The van der Waals surface area contributed by atoms with Crippen LogP contribution in [-0.4, -0.2) is 40.2 Å². The summed E-state index contributed by atoms with van der Waals surface area (Å²) in [6, 6.07) is 13.4. The molecule has 1 aliphatic rings. The summed E-state index contributed by atoms with van der Waals surface area (Å²) in [5.74, 6) is 2.29. The second kappa shape index (κ2) is 11.5. The molecule has 4 rings (SSSR count). The average Bonchev–Trinajstić information content (AvgIpc) is 3.28. The first-order valence-electron chi connectivity index (χ1n) is 12.1. The standard InChI is InChI=1S/C27H32N4O4S/c1-6-14-36-27-29-26-28-18(4)23(25(32)34-7-2)24(31(26)30-27)20-12-13-21(22(15-20)33-5)35-16-19-10-8-17(3)9-11-19/h8-13,15,24H,6-7,14,16H2,1-5H3,(H,28,29,30). The van der Waals surface area contributed by atoms with E-state index in [1.165, 1.54) is 5.56 Å². The van der Waals surface area contributed by atoms with Crippen LogP contribution in [0.25, 0.3) is 0 Å². The predicted octanol–water partition coefficient (Wildman–Crippen LogP) is 5.53. The molecule has 190 valence electrons. The fraction of sp³-hybridized carbons (Fsp3) is 0.370. The van der Waals surface area contributed by atoms with E-state index in [0.717, 1.165) is 23.3 Å². The molecule has 1 unspecified atom stereocenters. The Kier molecular flexibility index (Phi) is 8.20. The third-order valence-corrected chi connectivity index (χ3v) is 6.83. The number of nitrogens with one attached hydrogen (secondary N) is 1. The number of nitrogens with zero attached hydrogens (tertiary/aromatic N) is 3. The first-order valence-corrected chi connectivity index (χ1v) is 13.0. The number of carbonyl (C=O) groups is 1. The minimum absolute atomic E-state index is 0.277. The van der Waals surface area contributed by atoms with Gasteiger partial charge in [-0.1, -0.05) is 54.6 Å². The van der Waals surface area contributed by atoms with E-state index in [0.29, 0.717) is 40.5 Å². The Hall–Kier alpha value is -3.46. The van der Waals surface area contributed by atoms with Crippen LogP contribution in [-0.2, 0) is 16.1 Å². The molecule has 2 heterocycles. The van der Waals surface area contributed by atoms with E-state index >= 15 is 0 Å². The third kappa shape index (κ3) is 5.51. The van der Waals surface area contributed by atoms with Crippen LogP contribution in [0, 0.1) is 6.92 Å². The molecule has 0 saturated carbocycles. The molecule has 0 saturated heterocycles. The van der Waals surface area contributed by atoms with Crippen LogP contribution in [0.3, 0.4) is 0 Å².